The summed E-state index contributed by atoms with van der Waals surface area (Å²) in [6.45, 7) is 6.40. The number of benzene rings is 1. The highest BCUT2D eigenvalue weighted by atomic mass is 79.9. The van der Waals surface area contributed by atoms with Crippen LogP contribution in [0.15, 0.2) is 28.7 Å². The summed E-state index contributed by atoms with van der Waals surface area (Å²) >= 11 is 3.49. The van der Waals surface area contributed by atoms with E-state index in [4.69, 9.17) is 0 Å². The summed E-state index contributed by atoms with van der Waals surface area (Å²) in [5.74, 6) is -0.0146. The summed E-state index contributed by atoms with van der Waals surface area (Å²) in [5.41, 5.74) is 3.55. The number of hydrogen-bond donors (Lipinski definition) is 2. The molecule has 0 spiro atoms. The minimum absolute atomic E-state index is 0.0146. The van der Waals surface area contributed by atoms with Gasteiger partial charge in [-0.05, 0) is 50.9 Å². The fourth-order valence-corrected chi connectivity index (χ4v) is 3.67. The van der Waals surface area contributed by atoms with E-state index in [1.54, 1.807) is 0 Å². The van der Waals surface area contributed by atoms with Crippen molar-refractivity contribution in [3.8, 4) is 0 Å². The first kappa shape index (κ1) is 17.2. The van der Waals surface area contributed by atoms with Gasteiger partial charge in [-0.2, -0.15) is 5.10 Å². The molecule has 2 aromatic rings. The van der Waals surface area contributed by atoms with Gasteiger partial charge in [-0.25, -0.2) is 0 Å². The molecule has 2 N–H and O–H groups in total. The number of rotatable bonds is 4. The van der Waals surface area contributed by atoms with E-state index in [2.05, 4.69) is 43.8 Å². The van der Waals surface area contributed by atoms with Gasteiger partial charge in [0, 0.05) is 22.8 Å². The van der Waals surface area contributed by atoms with Gasteiger partial charge in [0.15, 0.2) is 0 Å². The molecule has 1 amide bonds. The zero-order valence-corrected chi connectivity index (χ0v) is 15.7. The van der Waals surface area contributed by atoms with Crippen LogP contribution in [0.3, 0.4) is 0 Å². The monoisotopic (exact) mass is 390 g/mol. The van der Waals surface area contributed by atoms with Crippen LogP contribution in [-0.2, 0) is 6.54 Å². The number of nitrogens with zero attached hydrogens (tertiary/aromatic N) is 2. The summed E-state index contributed by atoms with van der Waals surface area (Å²) in [6.07, 6.45) is 2.13. The lowest BCUT2D eigenvalue weighted by Gasteiger charge is -2.23. The van der Waals surface area contributed by atoms with Crippen LogP contribution in [0.4, 0.5) is 0 Å². The van der Waals surface area contributed by atoms with Crippen LogP contribution >= 0.6 is 15.9 Å². The van der Waals surface area contributed by atoms with E-state index in [-0.39, 0.29) is 11.9 Å². The topological polar surface area (TPSA) is 59.0 Å². The lowest BCUT2D eigenvalue weighted by molar-refractivity contribution is 0.0929. The highest BCUT2D eigenvalue weighted by Gasteiger charge is 2.22. The van der Waals surface area contributed by atoms with E-state index >= 15 is 0 Å². The summed E-state index contributed by atoms with van der Waals surface area (Å²) in [5, 5.41) is 11.0. The average molecular weight is 391 g/mol. The highest BCUT2D eigenvalue weighted by molar-refractivity contribution is 9.10. The normalized spacial score (nSPS) is 17.7. The second kappa shape index (κ2) is 7.49. The third-order valence-corrected chi connectivity index (χ3v) is 4.96. The predicted octanol–water partition coefficient (Wildman–Crippen LogP) is 2.79. The number of amides is 1. The third-order valence-electron chi connectivity index (χ3n) is 4.46. The molecule has 1 fully saturated rings. The molecule has 0 aliphatic carbocycles. The first-order valence-corrected chi connectivity index (χ1v) is 9.14. The first-order chi connectivity index (χ1) is 11.5. The average Bonchev–Trinajstić information content (AvgIpc) is 2.82. The van der Waals surface area contributed by atoms with Crippen LogP contribution in [0.5, 0.6) is 0 Å². The number of carbonyl (C=O) groups is 1. The largest absolute Gasteiger partial charge is 0.348 e. The Morgan fingerprint density at radius 2 is 2.29 bits per heavy atom. The van der Waals surface area contributed by atoms with Crippen molar-refractivity contribution in [1.82, 2.24) is 20.4 Å². The molecule has 1 atom stereocenters. The molecule has 1 aromatic carbocycles. The maximum absolute atomic E-state index is 12.7. The van der Waals surface area contributed by atoms with Gasteiger partial charge in [-0.3, -0.25) is 9.48 Å². The molecule has 1 aliphatic rings. The fourth-order valence-electron chi connectivity index (χ4n) is 3.22. The van der Waals surface area contributed by atoms with E-state index in [1.807, 2.05) is 30.7 Å². The lowest BCUT2D eigenvalue weighted by atomic mass is 10.1. The molecular weight excluding hydrogens is 368 g/mol. The summed E-state index contributed by atoms with van der Waals surface area (Å²) in [4.78, 5) is 12.7. The molecule has 3 rings (SSSR count). The number of aromatic nitrogens is 2. The van der Waals surface area contributed by atoms with Crippen LogP contribution in [0.1, 0.15) is 40.2 Å². The Bertz CT molecular complexity index is 735. The molecule has 0 bridgehead atoms. The second-order valence-corrected chi connectivity index (χ2v) is 7.27. The molecule has 0 unspecified atom stereocenters. The van der Waals surface area contributed by atoms with E-state index in [0.29, 0.717) is 12.1 Å². The molecule has 24 heavy (non-hydrogen) atoms. The third kappa shape index (κ3) is 3.87. The maximum atomic E-state index is 12.7. The summed E-state index contributed by atoms with van der Waals surface area (Å²) in [6, 6.07) is 8.35. The summed E-state index contributed by atoms with van der Waals surface area (Å²) in [7, 11) is 0. The zero-order chi connectivity index (χ0) is 17.1. The van der Waals surface area contributed by atoms with Crippen molar-refractivity contribution in [1.29, 1.82) is 0 Å². The van der Waals surface area contributed by atoms with E-state index < -0.39 is 0 Å². The number of piperidine rings is 1. The minimum atomic E-state index is -0.0146. The number of halogens is 1. The van der Waals surface area contributed by atoms with Crippen molar-refractivity contribution in [3.63, 3.8) is 0 Å². The minimum Gasteiger partial charge on any atom is -0.348 e. The van der Waals surface area contributed by atoms with Gasteiger partial charge in [-0.1, -0.05) is 28.1 Å². The molecule has 2 heterocycles. The van der Waals surface area contributed by atoms with E-state index in [9.17, 15) is 4.79 Å². The standard InChI is InChI=1S/C18H23BrN4O/c1-12-17(18(24)21-16-7-4-8-20-10-16)13(2)23(22-12)11-14-5-3-6-15(19)9-14/h3,5-6,9,16,20H,4,7-8,10-11H2,1-2H3,(H,21,24)/t16-/m0/s1. The Balaban J connectivity index is 1.77. The molecular formula is C18H23BrN4O. The molecule has 1 aromatic heterocycles. The Morgan fingerprint density at radius 1 is 1.46 bits per heavy atom. The van der Waals surface area contributed by atoms with Gasteiger partial charge in [0.2, 0.25) is 0 Å². The van der Waals surface area contributed by atoms with Gasteiger partial charge in [0.1, 0.15) is 0 Å². The Hall–Kier alpha value is -1.66. The van der Waals surface area contributed by atoms with Gasteiger partial charge in [0.25, 0.3) is 5.91 Å². The number of carbonyl (C=O) groups excluding carboxylic acids is 1. The van der Waals surface area contributed by atoms with Crippen LogP contribution in [-0.4, -0.2) is 34.8 Å². The molecule has 0 saturated carbocycles. The Morgan fingerprint density at radius 3 is 3.00 bits per heavy atom. The van der Waals surface area contributed by atoms with Gasteiger partial charge >= 0.3 is 0 Å². The van der Waals surface area contributed by atoms with Gasteiger partial charge in [0.05, 0.1) is 17.8 Å². The van der Waals surface area contributed by atoms with Crippen molar-refractivity contribution in [2.24, 2.45) is 0 Å². The SMILES string of the molecule is Cc1nn(Cc2cccc(Br)c2)c(C)c1C(=O)N[C@H]1CCCNC1. The Labute approximate surface area is 151 Å². The van der Waals surface area contributed by atoms with Crippen molar-refractivity contribution in [2.45, 2.75) is 39.3 Å². The lowest BCUT2D eigenvalue weighted by Crippen LogP contribution is -2.45. The van der Waals surface area contributed by atoms with E-state index in [0.717, 1.165) is 47.4 Å². The first-order valence-electron chi connectivity index (χ1n) is 8.34. The van der Waals surface area contributed by atoms with Crippen LogP contribution in [0.2, 0.25) is 0 Å². The molecule has 0 radical (unpaired) electrons. The van der Waals surface area contributed by atoms with Crippen LogP contribution < -0.4 is 10.6 Å². The molecule has 1 aliphatic heterocycles. The molecule has 128 valence electrons. The fraction of sp³-hybridized carbons (Fsp3) is 0.444. The number of aryl methyl sites for hydroxylation is 1. The molecule has 5 nitrogen and oxygen atoms in total. The van der Waals surface area contributed by atoms with Crippen molar-refractivity contribution in [3.05, 3.63) is 51.3 Å². The van der Waals surface area contributed by atoms with Gasteiger partial charge in [-0.15, -0.1) is 0 Å². The van der Waals surface area contributed by atoms with Crippen LogP contribution in [0.25, 0.3) is 0 Å². The predicted molar refractivity (Wildman–Crippen MR) is 98.3 cm³/mol. The second-order valence-electron chi connectivity index (χ2n) is 6.35. The Kier molecular flexibility index (Phi) is 5.36. The van der Waals surface area contributed by atoms with Crippen molar-refractivity contribution < 1.29 is 4.79 Å². The zero-order valence-electron chi connectivity index (χ0n) is 14.1. The smallest absolute Gasteiger partial charge is 0.255 e. The van der Waals surface area contributed by atoms with Crippen molar-refractivity contribution in [2.75, 3.05) is 13.1 Å². The number of nitrogens with one attached hydrogen (secondary N) is 2. The number of hydrogen-bond acceptors (Lipinski definition) is 3. The van der Waals surface area contributed by atoms with E-state index in [1.165, 1.54) is 0 Å². The van der Waals surface area contributed by atoms with Crippen molar-refractivity contribution >= 4 is 21.8 Å². The summed E-state index contributed by atoms with van der Waals surface area (Å²) < 4.78 is 2.95. The molecule has 6 heteroatoms. The molecule has 1 saturated heterocycles. The van der Waals surface area contributed by atoms with Crippen LogP contribution in [0, 0.1) is 13.8 Å². The van der Waals surface area contributed by atoms with Gasteiger partial charge < -0.3 is 10.6 Å². The quantitative estimate of drug-likeness (QED) is 0.843. The maximum Gasteiger partial charge on any atom is 0.255 e. The highest BCUT2D eigenvalue weighted by Crippen LogP contribution is 2.17.